The van der Waals surface area contributed by atoms with Crippen LogP contribution in [0.1, 0.15) is 39.7 Å². The fourth-order valence-corrected chi connectivity index (χ4v) is 3.13. The Balaban J connectivity index is 1.67. The fourth-order valence-electron chi connectivity index (χ4n) is 2.81. The van der Waals surface area contributed by atoms with Crippen LogP contribution in [0.5, 0.6) is 0 Å². The zero-order valence-electron chi connectivity index (χ0n) is 13.6. The van der Waals surface area contributed by atoms with Crippen LogP contribution in [-0.4, -0.2) is 44.2 Å². The van der Waals surface area contributed by atoms with Crippen molar-refractivity contribution < 1.29 is 9.53 Å². The first kappa shape index (κ1) is 16.2. The van der Waals surface area contributed by atoms with Crippen molar-refractivity contribution in [2.45, 2.75) is 45.3 Å². The highest BCUT2D eigenvalue weighted by atomic mass is 79.9. The number of ether oxygens (including phenoxy) is 1. The Labute approximate surface area is 144 Å². The van der Waals surface area contributed by atoms with E-state index in [1.807, 2.05) is 33.2 Å². The Morgan fingerprint density at radius 2 is 2.00 bits per heavy atom. The van der Waals surface area contributed by atoms with Crippen molar-refractivity contribution in [3.63, 3.8) is 0 Å². The van der Waals surface area contributed by atoms with Crippen molar-refractivity contribution in [3.8, 4) is 0 Å². The molecule has 6 nitrogen and oxygen atoms in total. The lowest BCUT2D eigenvalue weighted by Crippen LogP contribution is -2.42. The zero-order chi connectivity index (χ0) is 16.6. The number of nitrogens with zero attached hydrogens (tertiary/aromatic N) is 4. The van der Waals surface area contributed by atoms with Gasteiger partial charge in [-0.1, -0.05) is 0 Å². The fraction of sp³-hybridized carbons (Fsp3) is 0.562. The zero-order valence-corrected chi connectivity index (χ0v) is 15.2. The van der Waals surface area contributed by atoms with E-state index in [4.69, 9.17) is 4.74 Å². The highest BCUT2D eigenvalue weighted by Crippen LogP contribution is 2.27. The predicted molar refractivity (Wildman–Crippen MR) is 91.3 cm³/mol. The number of carbonyl (C=O) groups excluding carboxylic acids is 1. The number of pyridine rings is 1. The number of rotatable bonds is 1. The summed E-state index contributed by atoms with van der Waals surface area (Å²) in [6.45, 7) is 7.04. The predicted octanol–water partition coefficient (Wildman–Crippen LogP) is 3.77. The smallest absolute Gasteiger partial charge is 0.410 e. The number of hydrogen-bond acceptors (Lipinski definition) is 4. The molecule has 0 spiro atoms. The highest BCUT2D eigenvalue weighted by Gasteiger charge is 2.28. The van der Waals surface area contributed by atoms with E-state index in [9.17, 15) is 4.79 Å². The number of piperidine rings is 1. The van der Waals surface area contributed by atoms with Crippen molar-refractivity contribution in [2.75, 3.05) is 13.1 Å². The van der Waals surface area contributed by atoms with Gasteiger partial charge < -0.3 is 14.2 Å². The van der Waals surface area contributed by atoms with Crippen LogP contribution in [0.3, 0.4) is 0 Å². The molecule has 3 heterocycles. The molecule has 23 heavy (non-hydrogen) atoms. The van der Waals surface area contributed by atoms with Gasteiger partial charge in [0.2, 0.25) is 0 Å². The van der Waals surface area contributed by atoms with Gasteiger partial charge in [-0.15, -0.1) is 0 Å². The van der Waals surface area contributed by atoms with Crippen molar-refractivity contribution >= 4 is 33.2 Å². The van der Waals surface area contributed by atoms with Gasteiger partial charge in [0.05, 0.1) is 6.33 Å². The van der Waals surface area contributed by atoms with Crippen LogP contribution in [0, 0.1) is 0 Å². The van der Waals surface area contributed by atoms with Gasteiger partial charge in [0.25, 0.3) is 0 Å². The van der Waals surface area contributed by atoms with Gasteiger partial charge in [0.1, 0.15) is 11.1 Å². The minimum absolute atomic E-state index is 0.228. The molecule has 0 radical (unpaired) electrons. The van der Waals surface area contributed by atoms with Crippen LogP contribution in [0.2, 0.25) is 0 Å². The lowest BCUT2D eigenvalue weighted by molar-refractivity contribution is 0.0189. The van der Waals surface area contributed by atoms with Crippen LogP contribution in [-0.2, 0) is 4.74 Å². The van der Waals surface area contributed by atoms with Crippen LogP contribution in [0.15, 0.2) is 23.1 Å². The summed E-state index contributed by atoms with van der Waals surface area (Å²) in [7, 11) is 0. The first-order valence-electron chi connectivity index (χ1n) is 7.79. The van der Waals surface area contributed by atoms with Gasteiger partial charge in [-0.2, -0.15) is 0 Å². The van der Waals surface area contributed by atoms with E-state index in [0.29, 0.717) is 19.1 Å². The van der Waals surface area contributed by atoms with Gasteiger partial charge >= 0.3 is 6.09 Å². The molecule has 124 valence electrons. The standard InChI is InChI=1S/C16H21BrN4O2/c1-16(2,3)23-15(22)20-6-4-12(5-7-20)21-10-19-13-8-11(17)9-18-14(13)21/h8-10,12H,4-7H2,1-3H3. The summed E-state index contributed by atoms with van der Waals surface area (Å²) in [4.78, 5) is 22.8. The van der Waals surface area contributed by atoms with Gasteiger partial charge in [0, 0.05) is 29.8 Å². The van der Waals surface area contributed by atoms with E-state index in [2.05, 4.69) is 30.5 Å². The van der Waals surface area contributed by atoms with E-state index in [1.54, 1.807) is 11.1 Å². The number of halogens is 1. The molecular weight excluding hydrogens is 360 g/mol. The summed E-state index contributed by atoms with van der Waals surface area (Å²) in [5.41, 5.74) is 1.32. The minimum Gasteiger partial charge on any atom is -0.444 e. The number of amides is 1. The third-order valence-corrected chi connectivity index (χ3v) is 4.32. The lowest BCUT2D eigenvalue weighted by Gasteiger charge is -2.33. The molecule has 1 amide bonds. The maximum Gasteiger partial charge on any atom is 0.410 e. The largest absolute Gasteiger partial charge is 0.444 e. The second kappa shape index (κ2) is 6.11. The van der Waals surface area contributed by atoms with Gasteiger partial charge in [-0.05, 0) is 55.6 Å². The summed E-state index contributed by atoms with van der Waals surface area (Å²) in [6, 6.07) is 2.28. The Morgan fingerprint density at radius 3 is 2.65 bits per heavy atom. The summed E-state index contributed by atoms with van der Waals surface area (Å²) < 4.78 is 8.48. The summed E-state index contributed by atoms with van der Waals surface area (Å²) in [5.74, 6) is 0. The van der Waals surface area contributed by atoms with Gasteiger partial charge in [-0.3, -0.25) is 0 Å². The molecule has 0 atom stereocenters. The lowest BCUT2D eigenvalue weighted by atomic mass is 10.1. The average molecular weight is 381 g/mol. The molecule has 0 aliphatic carbocycles. The van der Waals surface area contributed by atoms with E-state index < -0.39 is 5.60 Å². The molecule has 2 aromatic rings. The van der Waals surface area contributed by atoms with Crippen LogP contribution in [0.25, 0.3) is 11.2 Å². The molecule has 0 N–H and O–H groups in total. The molecular formula is C16H21BrN4O2. The number of likely N-dealkylation sites (tertiary alicyclic amines) is 1. The average Bonchev–Trinajstić information content (AvgIpc) is 2.88. The molecule has 0 saturated carbocycles. The maximum atomic E-state index is 12.1. The molecule has 0 unspecified atom stereocenters. The summed E-state index contributed by atoms with van der Waals surface area (Å²) in [5, 5.41) is 0. The first-order valence-corrected chi connectivity index (χ1v) is 8.59. The van der Waals surface area contributed by atoms with E-state index >= 15 is 0 Å². The Kier molecular flexibility index (Phi) is 4.31. The molecule has 1 aliphatic rings. The monoisotopic (exact) mass is 380 g/mol. The Hall–Kier alpha value is -1.63. The topological polar surface area (TPSA) is 60.2 Å². The van der Waals surface area contributed by atoms with Crippen LogP contribution < -0.4 is 0 Å². The molecule has 1 saturated heterocycles. The van der Waals surface area contributed by atoms with E-state index in [-0.39, 0.29) is 6.09 Å². The van der Waals surface area contributed by atoms with Crippen molar-refractivity contribution in [2.24, 2.45) is 0 Å². The Bertz CT molecular complexity index is 714. The molecule has 2 aromatic heterocycles. The minimum atomic E-state index is -0.453. The third-order valence-electron chi connectivity index (χ3n) is 3.89. The highest BCUT2D eigenvalue weighted by molar-refractivity contribution is 9.10. The number of hydrogen-bond donors (Lipinski definition) is 0. The second-order valence-corrected chi connectivity index (χ2v) is 7.76. The molecule has 1 aliphatic heterocycles. The number of aromatic nitrogens is 3. The second-order valence-electron chi connectivity index (χ2n) is 6.85. The first-order chi connectivity index (χ1) is 10.8. The third kappa shape index (κ3) is 3.65. The number of fused-ring (bicyclic) bond motifs is 1. The quantitative estimate of drug-likeness (QED) is 0.755. The summed E-state index contributed by atoms with van der Waals surface area (Å²) >= 11 is 3.42. The maximum absolute atomic E-state index is 12.1. The van der Waals surface area contributed by atoms with Crippen molar-refractivity contribution in [1.82, 2.24) is 19.4 Å². The molecule has 7 heteroatoms. The normalized spacial score (nSPS) is 16.8. The molecule has 1 fully saturated rings. The van der Waals surface area contributed by atoms with E-state index in [0.717, 1.165) is 28.5 Å². The number of carbonyl (C=O) groups is 1. The molecule has 0 aromatic carbocycles. The summed E-state index contributed by atoms with van der Waals surface area (Å²) in [6.07, 6.45) is 5.16. The molecule has 3 rings (SSSR count). The molecule has 0 bridgehead atoms. The van der Waals surface area contributed by atoms with Crippen LogP contribution in [0.4, 0.5) is 4.79 Å². The van der Waals surface area contributed by atoms with Crippen molar-refractivity contribution in [3.05, 3.63) is 23.1 Å². The van der Waals surface area contributed by atoms with E-state index in [1.165, 1.54) is 0 Å². The Morgan fingerprint density at radius 1 is 1.30 bits per heavy atom. The van der Waals surface area contributed by atoms with Gasteiger partial charge in [-0.25, -0.2) is 14.8 Å². The van der Waals surface area contributed by atoms with Crippen molar-refractivity contribution in [1.29, 1.82) is 0 Å². The van der Waals surface area contributed by atoms with Crippen LogP contribution >= 0.6 is 15.9 Å². The SMILES string of the molecule is CC(C)(C)OC(=O)N1CCC(n2cnc3cc(Br)cnc32)CC1. The van der Waals surface area contributed by atoms with Gasteiger partial charge in [0.15, 0.2) is 5.65 Å². The number of imidazole rings is 1.